The lowest BCUT2D eigenvalue weighted by atomic mass is 10.2. The summed E-state index contributed by atoms with van der Waals surface area (Å²) >= 11 is 0. The van der Waals surface area contributed by atoms with Crippen LogP contribution in [0.3, 0.4) is 0 Å². The first-order chi connectivity index (χ1) is 9.15. The maximum Gasteiger partial charge on any atom is 0.358 e. The van der Waals surface area contributed by atoms with E-state index >= 15 is 0 Å². The van der Waals surface area contributed by atoms with Gasteiger partial charge in [-0.2, -0.15) is 5.10 Å². The molecule has 0 aliphatic heterocycles. The molecule has 0 spiro atoms. The summed E-state index contributed by atoms with van der Waals surface area (Å²) < 4.78 is 19.5. The monoisotopic (exact) mass is 262 g/mol. The van der Waals surface area contributed by atoms with Gasteiger partial charge in [0.15, 0.2) is 5.69 Å². The lowest BCUT2D eigenvalue weighted by Crippen LogP contribution is -2.07. The van der Waals surface area contributed by atoms with E-state index in [1.54, 1.807) is 29.8 Å². The van der Waals surface area contributed by atoms with Crippen molar-refractivity contribution in [3.8, 4) is 5.69 Å². The molecular weight excluding hydrogens is 247 g/mol. The van der Waals surface area contributed by atoms with E-state index in [1.165, 1.54) is 12.1 Å². The molecule has 0 aliphatic carbocycles. The number of nitrogens with zero attached hydrogens (tertiary/aromatic N) is 2. The zero-order chi connectivity index (χ0) is 13.8. The minimum absolute atomic E-state index is 0.267. The van der Waals surface area contributed by atoms with Gasteiger partial charge in [-0.05, 0) is 43.7 Å². The van der Waals surface area contributed by atoms with E-state index in [0.717, 1.165) is 5.69 Å². The molecule has 100 valence electrons. The molecule has 0 amide bonds. The summed E-state index contributed by atoms with van der Waals surface area (Å²) in [4.78, 5) is 11.7. The van der Waals surface area contributed by atoms with Crippen LogP contribution >= 0.6 is 0 Å². The van der Waals surface area contributed by atoms with E-state index in [-0.39, 0.29) is 11.5 Å². The predicted octanol–water partition coefficient (Wildman–Crippen LogP) is 2.75. The van der Waals surface area contributed by atoms with E-state index in [9.17, 15) is 9.18 Å². The van der Waals surface area contributed by atoms with Crippen LogP contribution < -0.4 is 0 Å². The zero-order valence-corrected chi connectivity index (χ0v) is 10.9. The number of rotatable bonds is 4. The number of hydrogen-bond donors (Lipinski definition) is 0. The summed E-state index contributed by atoms with van der Waals surface area (Å²) in [6, 6.07) is 7.66. The Morgan fingerprint density at radius 2 is 2.00 bits per heavy atom. The van der Waals surface area contributed by atoms with Crippen molar-refractivity contribution in [3.05, 3.63) is 47.5 Å². The van der Waals surface area contributed by atoms with Gasteiger partial charge in [0.2, 0.25) is 0 Å². The van der Waals surface area contributed by atoms with E-state index in [0.29, 0.717) is 18.7 Å². The van der Waals surface area contributed by atoms with Crippen molar-refractivity contribution in [1.82, 2.24) is 9.78 Å². The van der Waals surface area contributed by atoms with Crippen molar-refractivity contribution in [2.45, 2.75) is 20.3 Å². The number of carbonyl (C=O) groups excluding carboxylic acids is 1. The first kappa shape index (κ1) is 13.3. The number of esters is 1. The number of aryl methyl sites for hydroxylation is 1. The van der Waals surface area contributed by atoms with E-state index in [4.69, 9.17) is 4.74 Å². The van der Waals surface area contributed by atoms with Gasteiger partial charge in [0.25, 0.3) is 0 Å². The summed E-state index contributed by atoms with van der Waals surface area (Å²) in [6.07, 6.45) is 0.712. The summed E-state index contributed by atoms with van der Waals surface area (Å²) in [7, 11) is 0. The van der Waals surface area contributed by atoms with Crippen molar-refractivity contribution in [1.29, 1.82) is 0 Å². The predicted molar refractivity (Wildman–Crippen MR) is 68.9 cm³/mol. The van der Waals surface area contributed by atoms with Crippen LogP contribution in [0.5, 0.6) is 0 Å². The van der Waals surface area contributed by atoms with Gasteiger partial charge >= 0.3 is 5.97 Å². The van der Waals surface area contributed by atoms with E-state index < -0.39 is 5.97 Å². The van der Waals surface area contributed by atoms with Crippen LogP contribution in [0.25, 0.3) is 5.69 Å². The maximum atomic E-state index is 12.9. The molecule has 19 heavy (non-hydrogen) atoms. The highest BCUT2D eigenvalue weighted by Crippen LogP contribution is 2.14. The molecule has 1 heterocycles. The second-order valence-electron chi connectivity index (χ2n) is 3.98. The Morgan fingerprint density at radius 1 is 1.32 bits per heavy atom. The summed E-state index contributed by atoms with van der Waals surface area (Å²) in [5, 5.41) is 4.22. The van der Waals surface area contributed by atoms with Crippen molar-refractivity contribution in [2.75, 3.05) is 6.61 Å². The van der Waals surface area contributed by atoms with Crippen molar-refractivity contribution < 1.29 is 13.9 Å². The second-order valence-corrected chi connectivity index (χ2v) is 3.98. The van der Waals surface area contributed by atoms with Crippen molar-refractivity contribution in [3.63, 3.8) is 0 Å². The summed E-state index contributed by atoms with van der Waals surface area (Å²) in [5.74, 6) is -0.752. The van der Waals surface area contributed by atoms with Crippen LogP contribution in [-0.4, -0.2) is 22.4 Å². The molecule has 0 aliphatic rings. The molecule has 2 rings (SSSR count). The third-order valence-electron chi connectivity index (χ3n) is 2.70. The van der Waals surface area contributed by atoms with Crippen LogP contribution in [0.4, 0.5) is 4.39 Å². The minimum Gasteiger partial charge on any atom is -0.461 e. The molecule has 2 aromatic rings. The summed E-state index contributed by atoms with van der Waals surface area (Å²) in [6.45, 7) is 4.02. The Kier molecular flexibility index (Phi) is 3.94. The van der Waals surface area contributed by atoms with Gasteiger partial charge in [-0.15, -0.1) is 0 Å². The number of ether oxygens (including phenoxy) is 1. The molecule has 1 aromatic heterocycles. The standard InChI is InChI=1S/C14H15FN2O2/c1-3-11-9-13(14(18)19-4-2)16-17(11)12-7-5-10(15)6-8-12/h5-9H,3-4H2,1-2H3. The number of aromatic nitrogens is 2. The highest BCUT2D eigenvalue weighted by Gasteiger charge is 2.15. The summed E-state index contributed by atoms with van der Waals surface area (Å²) in [5.41, 5.74) is 1.85. The number of carbonyl (C=O) groups is 1. The van der Waals surface area contributed by atoms with Gasteiger partial charge in [-0.1, -0.05) is 6.92 Å². The molecule has 0 radical (unpaired) electrons. The smallest absolute Gasteiger partial charge is 0.358 e. The fraction of sp³-hybridized carbons (Fsp3) is 0.286. The van der Waals surface area contributed by atoms with E-state index in [2.05, 4.69) is 5.10 Å². The van der Waals surface area contributed by atoms with Crippen molar-refractivity contribution >= 4 is 5.97 Å². The van der Waals surface area contributed by atoms with Gasteiger partial charge < -0.3 is 4.74 Å². The molecular formula is C14H15FN2O2. The SMILES string of the molecule is CCOC(=O)c1cc(CC)n(-c2ccc(F)cc2)n1. The zero-order valence-electron chi connectivity index (χ0n) is 10.9. The Hall–Kier alpha value is -2.17. The molecule has 0 saturated heterocycles. The first-order valence-corrected chi connectivity index (χ1v) is 6.17. The van der Waals surface area contributed by atoms with Gasteiger partial charge in [0, 0.05) is 5.69 Å². The Morgan fingerprint density at radius 3 is 2.58 bits per heavy atom. The van der Waals surface area contributed by atoms with Gasteiger partial charge in [-0.25, -0.2) is 13.9 Å². The lowest BCUT2D eigenvalue weighted by molar-refractivity contribution is 0.0519. The fourth-order valence-corrected chi connectivity index (χ4v) is 1.78. The molecule has 5 heteroatoms. The van der Waals surface area contributed by atoms with Crippen LogP contribution in [0.2, 0.25) is 0 Å². The van der Waals surface area contributed by atoms with Gasteiger partial charge in [0.1, 0.15) is 5.82 Å². The molecule has 0 bridgehead atoms. The fourth-order valence-electron chi connectivity index (χ4n) is 1.78. The van der Waals surface area contributed by atoms with Crippen LogP contribution in [0, 0.1) is 5.82 Å². The van der Waals surface area contributed by atoms with Gasteiger partial charge in [-0.3, -0.25) is 0 Å². The highest BCUT2D eigenvalue weighted by atomic mass is 19.1. The van der Waals surface area contributed by atoms with Crippen LogP contribution in [0.1, 0.15) is 30.0 Å². The number of benzene rings is 1. The van der Waals surface area contributed by atoms with Crippen LogP contribution in [-0.2, 0) is 11.2 Å². The Bertz CT molecular complexity index is 576. The molecule has 0 saturated carbocycles. The average molecular weight is 262 g/mol. The molecule has 1 aromatic carbocycles. The molecule has 4 nitrogen and oxygen atoms in total. The van der Waals surface area contributed by atoms with E-state index in [1.807, 2.05) is 6.92 Å². The third-order valence-corrected chi connectivity index (χ3v) is 2.70. The molecule has 0 N–H and O–H groups in total. The highest BCUT2D eigenvalue weighted by molar-refractivity contribution is 5.87. The Labute approximate surface area is 110 Å². The van der Waals surface area contributed by atoms with Crippen LogP contribution in [0.15, 0.2) is 30.3 Å². The quantitative estimate of drug-likeness (QED) is 0.796. The molecule has 0 unspecified atom stereocenters. The minimum atomic E-state index is -0.446. The number of halogens is 1. The molecule has 0 atom stereocenters. The maximum absolute atomic E-state index is 12.9. The first-order valence-electron chi connectivity index (χ1n) is 6.17. The topological polar surface area (TPSA) is 44.1 Å². The Balaban J connectivity index is 2.39. The largest absolute Gasteiger partial charge is 0.461 e. The lowest BCUT2D eigenvalue weighted by Gasteiger charge is -2.05. The third kappa shape index (κ3) is 2.81. The van der Waals surface area contributed by atoms with Gasteiger partial charge in [0.05, 0.1) is 12.3 Å². The number of hydrogen-bond acceptors (Lipinski definition) is 3. The normalized spacial score (nSPS) is 10.5. The average Bonchev–Trinajstić information content (AvgIpc) is 2.84. The van der Waals surface area contributed by atoms with Crippen molar-refractivity contribution in [2.24, 2.45) is 0 Å². The second kappa shape index (κ2) is 5.65. The molecule has 0 fully saturated rings.